The van der Waals surface area contributed by atoms with Gasteiger partial charge in [-0.3, -0.25) is 0 Å². The van der Waals surface area contributed by atoms with Crippen LogP contribution in [0.3, 0.4) is 0 Å². The smallest absolute Gasteiger partial charge is 0.0714 e. The first-order valence-corrected chi connectivity index (χ1v) is 19.4. The molecule has 0 bridgehead atoms. The van der Waals surface area contributed by atoms with Crippen LogP contribution in [0.25, 0.3) is 54.6 Å². The van der Waals surface area contributed by atoms with E-state index in [-0.39, 0.29) is 0 Å². The summed E-state index contributed by atoms with van der Waals surface area (Å²) in [4.78, 5) is 2.42. The number of fused-ring (bicyclic) bond motifs is 7. The van der Waals surface area contributed by atoms with Gasteiger partial charge in [0, 0.05) is 17.1 Å². The highest BCUT2D eigenvalue weighted by Gasteiger charge is 2.46. The van der Waals surface area contributed by atoms with E-state index >= 15 is 0 Å². The van der Waals surface area contributed by atoms with Crippen LogP contribution in [0.5, 0.6) is 0 Å². The predicted molar refractivity (Wildman–Crippen MR) is 236 cm³/mol. The SMILES string of the molecule is c1ccc(C2(c3ccccc3)c3ccccc3-c3ccc(N(c4ccc(-c5ccc6ccc7ccccc7c6c5)cc4)c4ccc5ccccc5c4)cc32)cc1. The average Bonchev–Trinajstić information content (AvgIpc) is 3.57. The molecule has 0 heterocycles. The molecule has 1 aliphatic carbocycles. The zero-order chi connectivity index (χ0) is 37.1. The van der Waals surface area contributed by atoms with Crippen LogP contribution in [0, 0.1) is 0 Å². The molecular formula is C55H37N. The van der Waals surface area contributed by atoms with Gasteiger partial charge in [0.25, 0.3) is 0 Å². The van der Waals surface area contributed by atoms with Crippen LogP contribution in [-0.2, 0) is 5.41 Å². The summed E-state index contributed by atoms with van der Waals surface area (Å²) in [5.74, 6) is 0. The first-order chi connectivity index (χ1) is 27.8. The third kappa shape index (κ3) is 5.02. The topological polar surface area (TPSA) is 3.24 Å². The van der Waals surface area contributed by atoms with Crippen molar-refractivity contribution in [3.05, 3.63) is 247 Å². The molecule has 1 nitrogen and oxygen atoms in total. The molecule has 56 heavy (non-hydrogen) atoms. The first kappa shape index (κ1) is 32.2. The zero-order valence-corrected chi connectivity index (χ0v) is 30.8. The zero-order valence-electron chi connectivity index (χ0n) is 30.8. The second-order valence-corrected chi connectivity index (χ2v) is 14.9. The Balaban J connectivity index is 1.10. The number of hydrogen-bond acceptors (Lipinski definition) is 1. The van der Waals surface area contributed by atoms with Crippen LogP contribution in [0.2, 0.25) is 0 Å². The monoisotopic (exact) mass is 711 g/mol. The summed E-state index contributed by atoms with van der Waals surface area (Å²) in [5, 5.41) is 7.53. The lowest BCUT2D eigenvalue weighted by atomic mass is 9.67. The normalized spacial score (nSPS) is 12.8. The summed E-state index contributed by atoms with van der Waals surface area (Å²) in [6, 6.07) is 82.7. The summed E-state index contributed by atoms with van der Waals surface area (Å²) >= 11 is 0. The van der Waals surface area contributed by atoms with E-state index < -0.39 is 5.41 Å². The van der Waals surface area contributed by atoms with E-state index in [1.165, 1.54) is 76.8 Å². The van der Waals surface area contributed by atoms with Crippen molar-refractivity contribution in [3.8, 4) is 22.3 Å². The van der Waals surface area contributed by atoms with Crippen molar-refractivity contribution in [2.45, 2.75) is 5.41 Å². The molecule has 0 spiro atoms. The maximum absolute atomic E-state index is 2.45. The predicted octanol–water partition coefficient (Wildman–Crippen LogP) is 14.6. The number of rotatable bonds is 6. The van der Waals surface area contributed by atoms with Gasteiger partial charge in [-0.2, -0.15) is 0 Å². The van der Waals surface area contributed by atoms with Crippen molar-refractivity contribution < 1.29 is 0 Å². The maximum Gasteiger partial charge on any atom is 0.0714 e. The van der Waals surface area contributed by atoms with Crippen LogP contribution in [0.4, 0.5) is 17.1 Å². The van der Waals surface area contributed by atoms with Crippen molar-refractivity contribution in [2.75, 3.05) is 4.90 Å². The van der Waals surface area contributed by atoms with Gasteiger partial charge in [-0.05, 0) is 119 Å². The van der Waals surface area contributed by atoms with Gasteiger partial charge >= 0.3 is 0 Å². The van der Waals surface area contributed by atoms with Crippen LogP contribution in [-0.4, -0.2) is 0 Å². The first-order valence-electron chi connectivity index (χ1n) is 19.4. The molecule has 0 aromatic heterocycles. The molecule has 1 aliphatic rings. The van der Waals surface area contributed by atoms with Gasteiger partial charge in [0.1, 0.15) is 0 Å². The molecule has 0 saturated carbocycles. The molecule has 0 aliphatic heterocycles. The van der Waals surface area contributed by atoms with Gasteiger partial charge in [0.05, 0.1) is 5.41 Å². The molecule has 0 amide bonds. The lowest BCUT2D eigenvalue weighted by molar-refractivity contribution is 0.768. The largest absolute Gasteiger partial charge is 0.310 e. The molecule has 10 aromatic carbocycles. The Morgan fingerprint density at radius 1 is 0.286 bits per heavy atom. The minimum absolute atomic E-state index is 0.483. The van der Waals surface area contributed by atoms with Crippen molar-refractivity contribution in [2.24, 2.45) is 0 Å². The molecule has 262 valence electrons. The highest BCUT2D eigenvalue weighted by Crippen LogP contribution is 2.57. The standard InChI is InChI=1S/C55H37N/c1-3-16-44(17-4-1)55(45-18-5-2-6-19-45)53-22-12-11-21-50(53)51-34-33-48(37-54(51)55)56(47-32-29-38-13-7-8-15-42(38)35-47)46-30-27-39(28-31-46)43-26-25-41-24-23-40-14-9-10-20-49(40)52(41)36-43/h1-37H. The Labute approximate surface area is 327 Å². The molecular weight excluding hydrogens is 675 g/mol. The molecule has 1 heteroatoms. The van der Waals surface area contributed by atoms with Crippen LogP contribution in [0.15, 0.2) is 224 Å². The Morgan fingerprint density at radius 2 is 0.804 bits per heavy atom. The fourth-order valence-corrected chi connectivity index (χ4v) is 9.32. The molecule has 10 aromatic rings. The van der Waals surface area contributed by atoms with E-state index in [1.54, 1.807) is 0 Å². The molecule has 0 N–H and O–H groups in total. The van der Waals surface area contributed by atoms with E-state index in [0.29, 0.717) is 0 Å². The highest BCUT2D eigenvalue weighted by atomic mass is 15.1. The van der Waals surface area contributed by atoms with Crippen molar-refractivity contribution in [1.82, 2.24) is 0 Å². The van der Waals surface area contributed by atoms with Crippen LogP contribution >= 0.6 is 0 Å². The summed E-state index contributed by atoms with van der Waals surface area (Å²) in [6.45, 7) is 0. The number of benzene rings is 10. The number of hydrogen-bond donors (Lipinski definition) is 0. The van der Waals surface area contributed by atoms with Crippen molar-refractivity contribution >= 4 is 49.4 Å². The molecule has 0 fully saturated rings. The minimum atomic E-state index is -0.483. The fourth-order valence-electron chi connectivity index (χ4n) is 9.32. The van der Waals surface area contributed by atoms with Crippen LogP contribution < -0.4 is 4.90 Å². The van der Waals surface area contributed by atoms with E-state index in [1.807, 2.05) is 0 Å². The summed E-state index contributed by atoms with van der Waals surface area (Å²) in [5.41, 5.74) is 13.0. The number of nitrogens with zero attached hydrogens (tertiary/aromatic N) is 1. The van der Waals surface area contributed by atoms with Gasteiger partial charge in [-0.25, -0.2) is 0 Å². The molecule has 11 rings (SSSR count). The van der Waals surface area contributed by atoms with Gasteiger partial charge in [-0.15, -0.1) is 0 Å². The highest BCUT2D eigenvalue weighted by molar-refractivity contribution is 6.08. The Morgan fingerprint density at radius 3 is 1.57 bits per heavy atom. The third-order valence-corrected chi connectivity index (χ3v) is 11.9. The second kappa shape index (κ2) is 13.0. The Bertz CT molecular complexity index is 3030. The van der Waals surface area contributed by atoms with Crippen molar-refractivity contribution in [3.63, 3.8) is 0 Å². The van der Waals surface area contributed by atoms with E-state index in [9.17, 15) is 0 Å². The minimum Gasteiger partial charge on any atom is -0.310 e. The Hall–Kier alpha value is -7.22. The second-order valence-electron chi connectivity index (χ2n) is 14.9. The third-order valence-electron chi connectivity index (χ3n) is 11.9. The number of anilines is 3. The van der Waals surface area contributed by atoms with E-state index in [2.05, 4.69) is 229 Å². The van der Waals surface area contributed by atoms with Gasteiger partial charge in [0.15, 0.2) is 0 Å². The lowest BCUT2D eigenvalue weighted by Crippen LogP contribution is -2.28. The van der Waals surface area contributed by atoms with E-state index in [4.69, 9.17) is 0 Å². The summed E-state index contributed by atoms with van der Waals surface area (Å²) in [7, 11) is 0. The van der Waals surface area contributed by atoms with Gasteiger partial charge in [0.2, 0.25) is 0 Å². The summed E-state index contributed by atoms with van der Waals surface area (Å²) < 4.78 is 0. The molecule has 0 radical (unpaired) electrons. The lowest BCUT2D eigenvalue weighted by Gasteiger charge is -2.35. The maximum atomic E-state index is 2.45. The fraction of sp³-hybridized carbons (Fsp3) is 0.0182. The van der Waals surface area contributed by atoms with Crippen LogP contribution in [0.1, 0.15) is 22.3 Å². The van der Waals surface area contributed by atoms with Gasteiger partial charge < -0.3 is 4.90 Å². The quantitative estimate of drug-likeness (QED) is 0.155. The van der Waals surface area contributed by atoms with E-state index in [0.717, 1.165) is 17.1 Å². The van der Waals surface area contributed by atoms with Crippen molar-refractivity contribution in [1.29, 1.82) is 0 Å². The molecule has 0 saturated heterocycles. The van der Waals surface area contributed by atoms with Gasteiger partial charge in [-0.1, -0.05) is 182 Å². The molecule has 0 unspecified atom stereocenters. The molecule has 0 atom stereocenters. The average molecular weight is 712 g/mol. The Kier molecular flexibility index (Phi) is 7.47. The summed E-state index contributed by atoms with van der Waals surface area (Å²) in [6.07, 6.45) is 0.